The lowest BCUT2D eigenvalue weighted by Gasteiger charge is -2.16. The molecule has 0 fully saturated rings. The van der Waals surface area contributed by atoms with Crippen LogP contribution in [0, 0.1) is 13.8 Å². The first kappa shape index (κ1) is 24.7. The Morgan fingerprint density at radius 3 is 2.52 bits per heavy atom. The van der Waals surface area contributed by atoms with Gasteiger partial charge in [-0.25, -0.2) is 4.99 Å². The molecule has 172 valence electrons. The summed E-state index contributed by atoms with van der Waals surface area (Å²) in [6, 6.07) is 7.53. The van der Waals surface area contributed by atoms with Crippen LogP contribution in [0.5, 0.6) is 5.75 Å². The number of nitrogens with one attached hydrogen (secondary N) is 2. The molecule has 0 amide bonds. The van der Waals surface area contributed by atoms with Crippen molar-refractivity contribution in [2.24, 2.45) is 4.99 Å². The molecule has 2 rings (SSSR count). The first-order chi connectivity index (χ1) is 14.8. The van der Waals surface area contributed by atoms with E-state index in [9.17, 15) is 5.11 Å². The van der Waals surface area contributed by atoms with Gasteiger partial charge < -0.3 is 25.2 Å². The van der Waals surface area contributed by atoms with Crippen LogP contribution in [0.3, 0.4) is 0 Å². The summed E-state index contributed by atoms with van der Waals surface area (Å²) in [7, 11) is 1.69. The van der Waals surface area contributed by atoms with Crippen LogP contribution < -0.4 is 15.4 Å². The number of ether oxygens (including phenoxy) is 2. The lowest BCUT2D eigenvalue weighted by molar-refractivity contribution is 0.180. The van der Waals surface area contributed by atoms with E-state index in [2.05, 4.69) is 22.7 Å². The van der Waals surface area contributed by atoms with Gasteiger partial charge in [0.05, 0.1) is 37.6 Å². The summed E-state index contributed by atoms with van der Waals surface area (Å²) in [5.41, 5.74) is 4.00. The number of benzene rings is 1. The van der Waals surface area contributed by atoms with Crippen molar-refractivity contribution >= 4 is 5.96 Å². The van der Waals surface area contributed by atoms with Gasteiger partial charge in [-0.05, 0) is 52.3 Å². The lowest BCUT2D eigenvalue weighted by Crippen LogP contribution is -2.39. The molecular weight excluding hydrogens is 394 g/mol. The highest BCUT2D eigenvalue weighted by atomic mass is 16.5. The maximum absolute atomic E-state index is 10.6. The second kappa shape index (κ2) is 12.3. The van der Waals surface area contributed by atoms with Gasteiger partial charge in [0.25, 0.3) is 0 Å². The monoisotopic (exact) mass is 431 g/mol. The molecule has 0 aliphatic rings. The van der Waals surface area contributed by atoms with Crippen LogP contribution in [-0.2, 0) is 17.8 Å². The highest BCUT2D eigenvalue weighted by Gasteiger charge is 2.12. The second-order valence-electron chi connectivity index (χ2n) is 7.69. The van der Waals surface area contributed by atoms with Crippen molar-refractivity contribution in [1.82, 2.24) is 20.4 Å². The molecule has 0 radical (unpaired) electrons. The summed E-state index contributed by atoms with van der Waals surface area (Å²) in [6.07, 6.45) is -0.534. The Kier molecular flexibility index (Phi) is 9.81. The number of aliphatic imine (C=N–C) groups is 1. The molecule has 2 aromatic rings. The highest BCUT2D eigenvalue weighted by Crippen LogP contribution is 2.18. The molecule has 1 atom stereocenters. The fourth-order valence-corrected chi connectivity index (χ4v) is 3.21. The van der Waals surface area contributed by atoms with Gasteiger partial charge in [0.1, 0.15) is 5.75 Å². The third-order valence-electron chi connectivity index (χ3n) is 4.88. The Morgan fingerprint density at radius 1 is 1.19 bits per heavy atom. The van der Waals surface area contributed by atoms with E-state index in [0.29, 0.717) is 25.7 Å². The number of rotatable bonds is 11. The van der Waals surface area contributed by atoms with E-state index in [1.165, 1.54) is 0 Å². The van der Waals surface area contributed by atoms with Crippen molar-refractivity contribution in [3.05, 3.63) is 46.8 Å². The van der Waals surface area contributed by atoms with Gasteiger partial charge in [0.2, 0.25) is 0 Å². The van der Waals surface area contributed by atoms with Gasteiger partial charge >= 0.3 is 0 Å². The maximum atomic E-state index is 10.6. The molecule has 0 spiro atoms. The molecule has 1 heterocycles. The smallest absolute Gasteiger partial charge is 0.191 e. The normalized spacial score (nSPS) is 12.8. The zero-order valence-corrected chi connectivity index (χ0v) is 19.6. The van der Waals surface area contributed by atoms with E-state index >= 15 is 0 Å². The number of hydrogen-bond acceptors (Lipinski definition) is 5. The van der Waals surface area contributed by atoms with Crippen molar-refractivity contribution in [2.45, 2.75) is 59.9 Å². The number of hydrogen-bond donors (Lipinski definition) is 3. The summed E-state index contributed by atoms with van der Waals surface area (Å²) in [5.74, 6) is 1.45. The van der Waals surface area contributed by atoms with Crippen LogP contribution >= 0.6 is 0 Å². The van der Waals surface area contributed by atoms with Gasteiger partial charge in [-0.15, -0.1) is 0 Å². The van der Waals surface area contributed by atoms with Gasteiger partial charge in [0.15, 0.2) is 5.96 Å². The van der Waals surface area contributed by atoms with Crippen molar-refractivity contribution < 1.29 is 14.6 Å². The standard InChI is InChI=1S/C23H37N5O3/c1-7-24-23(25-14-21-17(4)27-28(18(21)5)12-13-30-6)26-15-22(29)19-8-10-20(11-9-19)31-16(2)3/h8-11,16,22,29H,7,12-15H2,1-6H3,(H2,24,25,26). The highest BCUT2D eigenvalue weighted by molar-refractivity contribution is 5.79. The van der Waals surface area contributed by atoms with Gasteiger partial charge in [-0.1, -0.05) is 12.1 Å². The van der Waals surface area contributed by atoms with Crippen molar-refractivity contribution in [2.75, 3.05) is 26.8 Å². The van der Waals surface area contributed by atoms with Gasteiger partial charge in [-0.3, -0.25) is 4.68 Å². The van der Waals surface area contributed by atoms with Crippen LogP contribution in [0.25, 0.3) is 0 Å². The molecule has 31 heavy (non-hydrogen) atoms. The molecule has 1 aromatic heterocycles. The first-order valence-corrected chi connectivity index (χ1v) is 10.8. The Bertz CT molecular complexity index is 830. The SMILES string of the molecule is CCNC(=NCc1c(C)nn(CCOC)c1C)NCC(O)c1ccc(OC(C)C)cc1. The molecule has 8 heteroatoms. The number of aliphatic hydroxyl groups excluding tert-OH is 1. The predicted molar refractivity (Wildman–Crippen MR) is 124 cm³/mol. The van der Waals surface area contributed by atoms with E-state index in [-0.39, 0.29) is 6.10 Å². The molecule has 3 N–H and O–H groups in total. The minimum absolute atomic E-state index is 0.121. The Morgan fingerprint density at radius 2 is 1.90 bits per heavy atom. The fourth-order valence-electron chi connectivity index (χ4n) is 3.21. The summed E-state index contributed by atoms with van der Waals surface area (Å²) in [6.45, 7) is 13.0. The van der Waals surface area contributed by atoms with Crippen LogP contribution in [-0.4, -0.2) is 53.8 Å². The Labute approximate surface area is 185 Å². The lowest BCUT2D eigenvalue weighted by atomic mass is 10.1. The quantitative estimate of drug-likeness (QED) is 0.374. The largest absolute Gasteiger partial charge is 0.491 e. The van der Waals surface area contributed by atoms with Crippen LogP contribution in [0.4, 0.5) is 0 Å². The van der Waals surface area contributed by atoms with Gasteiger partial charge in [-0.2, -0.15) is 5.10 Å². The number of aromatic nitrogens is 2. The van der Waals surface area contributed by atoms with E-state index in [4.69, 9.17) is 14.5 Å². The number of aliphatic hydroxyl groups is 1. The number of aryl methyl sites for hydroxylation is 1. The number of methoxy groups -OCH3 is 1. The Hall–Kier alpha value is -2.58. The van der Waals surface area contributed by atoms with E-state index in [1.54, 1.807) is 7.11 Å². The molecule has 8 nitrogen and oxygen atoms in total. The molecule has 0 saturated heterocycles. The molecule has 0 saturated carbocycles. The average molecular weight is 432 g/mol. The predicted octanol–water partition coefficient (Wildman–Crippen LogP) is 2.72. The minimum atomic E-state index is -0.655. The summed E-state index contributed by atoms with van der Waals surface area (Å²) >= 11 is 0. The zero-order valence-electron chi connectivity index (χ0n) is 19.6. The maximum Gasteiger partial charge on any atom is 0.191 e. The molecule has 1 unspecified atom stereocenters. The molecule has 0 bridgehead atoms. The third kappa shape index (κ3) is 7.56. The number of nitrogens with zero attached hydrogens (tertiary/aromatic N) is 3. The summed E-state index contributed by atoms with van der Waals surface area (Å²) in [5, 5.41) is 21.6. The number of guanidine groups is 1. The van der Waals surface area contributed by atoms with Gasteiger partial charge in [0, 0.05) is 31.5 Å². The minimum Gasteiger partial charge on any atom is -0.491 e. The first-order valence-electron chi connectivity index (χ1n) is 10.8. The molecule has 0 aliphatic carbocycles. The summed E-state index contributed by atoms with van der Waals surface area (Å²) < 4.78 is 12.8. The average Bonchev–Trinajstić information content (AvgIpc) is 3.01. The second-order valence-corrected chi connectivity index (χ2v) is 7.69. The Balaban J connectivity index is 1.99. The van der Waals surface area contributed by atoms with Crippen LogP contribution in [0.2, 0.25) is 0 Å². The van der Waals surface area contributed by atoms with Crippen molar-refractivity contribution in [1.29, 1.82) is 0 Å². The topological polar surface area (TPSA) is 92.9 Å². The fraction of sp³-hybridized carbons (Fsp3) is 0.565. The van der Waals surface area contributed by atoms with Crippen LogP contribution in [0.15, 0.2) is 29.3 Å². The molecule has 0 aliphatic heterocycles. The zero-order chi connectivity index (χ0) is 22.8. The van der Waals surface area contributed by atoms with Crippen LogP contribution in [0.1, 0.15) is 49.4 Å². The molecule has 1 aromatic carbocycles. The van der Waals surface area contributed by atoms with E-state index in [1.807, 2.05) is 56.6 Å². The van der Waals surface area contributed by atoms with E-state index < -0.39 is 6.10 Å². The summed E-state index contributed by atoms with van der Waals surface area (Å²) in [4.78, 5) is 4.69. The van der Waals surface area contributed by atoms with E-state index in [0.717, 1.165) is 41.4 Å². The third-order valence-corrected chi connectivity index (χ3v) is 4.88. The molecular formula is C23H37N5O3. The van der Waals surface area contributed by atoms with Crippen molar-refractivity contribution in [3.63, 3.8) is 0 Å². The van der Waals surface area contributed by atoms with Crippen molar-refractivity contribution in [3.8, 4) is 5.75 Å².